The molecule has 0 heterocycles. The first-order valence-corrected chi connectivity index (χ1v) is 8.79. The van der Waals surface area contributed by atoms with Gasteiger partial charge in [0.15, 0.2) is 0 Å². The Bertz CT molecular complexity index is 669. The molecule has 0 unspecified atom stereocenters. The lowest BCUT2D eigenvalue weighted by atomic mass is 10.0. The normalized spacial score (nSPS) is 10.0. The van der Waals surface area contributed by atoms with Gasteiger partial charge in [-0.15, -0.1) is 0 Å². The van der Waals surface area contributed by atoms with E-state index in [0.29, 0.717) is 5.56 Å². The van der Waals surface area contributed by atoms with E-state index in [-0.39, 0.29) is 0 Å². The van der Waals surface area contributed by atoms with Crippen LogP contribution in [0.3, 0.4) is 0 Å². The largest absolute Gasteiger partial charge is 0.502 e. The number of unbranched alkanes of at least 4 members (excludes halogenated alkanes) is 4. The highest BCUT2D eigenvalue weighted by Crippen LogP contribution is 2.23. The van der Waals surface area contributed by atoms with Crippen LogP contribution in [0.25, 0.3) is 11.1 Å². The van der Waals surface area contributed by atoms with E-state index >= 15 is 0 Å². The van der Waals surface area contributed by atoms with Gasteiger partial charge in [0.1, 0.15) is 5.75 Å². The highest BCUT2D eigenvalue weighted by molar-refractivity contribution is 5.64. The standard InChI is InChI=1S/C22H25NO2/c1-2-24-16-6-4-3-5-7-17-25-22-14-12-21(13-15-22)20-10-8-19(18-23)9-11-20/h2,8-15H,1,3-7,16-17H2. The molecule has 3 nitrogen and oxygen atoms in total. The second-order valence-corrected chi connectivity index (χ2v) is 5.87. The molecule has 25 heavy (non-hydrogen) atoms. The van der Waals surface area contributed by atoms with Crippen molar-refractivity contribution in [2.24, 2.45) is 0 Å². The lowest BCUT2D eigenvalue weighted by Crippen LogP contribution is -1.97. The third-order valence-electron chi connectivity index (χ3n) is 3.99. The van der Waals surface area contributed by atoms with Crippen LogP contribution in [0.5, 0.6) is 5.75 Å². The summed E-state index contributed by atoms with van der Waals surface area (Å²) in [7, 11) is 0. The number of nitrogens with zero attached hydrogens (tertiary/aromatic N) is 1. The molecular formula is C22H25NO2. The summed E-state index contributed by atoms with van der Waals surface area (Å²) in [5, 5.41) is 8.84. The summed E-state index contributed by atoms with van der Waals surface area (Å²) >= 11 is 0. The van der Waals surface area contributed by atoms with Gasteiger partial charge < -0.3 is 9.47 Å². The summed E-state index contributed by atoms with van der Waals surface area (Å²) in [6, 6.07) is 17.8. The molecule has 0 aliphatic heterocycles. The zero-order valence-corrected chi connectivity index (χ0v) is 14.6. The molecule has 0 aromatic heterocycles. The summed E-state index contributed by atoms with van der Waals surface area (Å²) in [6.07, 6.45) is 7.23. The van der Waals surface area contributed by atoms with E-state index < -0.39 is 0 Å². The Morgan fingerprint density at radius 1 is 0.800 bits per heavy atom. The lowest BCUT2D eigenvalue weighted by Gasteiger charge is -2.08. The average Bonchev–Trinajstić information content (AvgIpc) is 2.67. The predicted octanol–water partition coefficient (Wildman–Crippen LogP) is 5.71. The van der Waals surface area contributed by atoms with E-state index in [1.165, 1.54) is 25.5 Å². The molecule has 2 aromatic carbocycles. The van der Waals surface area contributed by atoms with Crippen molar-refractivity contribution >= 4 is 0 Å². The second-order valence-electron chi connectivity index (χ2n) is 5.87. The number of rotatable bonds is 11. The van der Waals surface area contributed by atoms with Crippen molar-refractivity contribution in [3.05, 3.63) is 66.9 Å². The minimum absolute atomic E-state index is 0.678. The van der Waals surface area contributed by atoms with E-state index in [4.69, 9.17) is 14.7 Å². The van der Waals surface area contributed by atoms with Crippen LogP contribution in [0, 0.1) is 11.3 Å². The molecule has 0 bridgehead atoms. The van der Waals surface area contributed by atoms with Crippen molar-refractivity contribution in [1.29, 1.82) is 5.26 Å². The van der Waals surface area contributed by atoms with Crippen LogP contribution < -0.4 is 4.74 Å². The number of nitriles is 1. The van der Waals surface area contributed by atoms with E-state index in [9.17, 15) is 0 Å². The molecule has 0 radical (unpaired) electrons. The highest BCUT2D eigenvalue weighted by Gasteiger charge is 2.00. The smallest absolute Gasteiger partial charge is 0.119 e. The third-order valence-corrected chi connectivity index (χ3v) is 3.99. The van der Waals surface area contributed by atoms with Crippen molar-refractivity contribution in [2.45, 2.75) is 32.1 Å². The third kappa shape index (κ3) is 6.73. The fraction of sp³-hybridized carbons (Fsp3) is 0.318. The molecule has 2 rings (SSSR count). The van der Waals surface area contributed by atoms with Gasteiger partial charge in [0.2, 0.25) is 0 Å². The van der Waals surface area contributed by atoms with Gasteiger partial charge in [-0.2, -0.15) is 5.26 Å². The fourth-order valence-electron chi connectivity index (χ4n) is 2.57. The first-order chi connectivity index (χ1) is 12.3. The molecule has 0 aliphatic rings. The van der Waals surface area contributed by atoms with Crippen LogP contribution in [0.1, 0.15) is 37.7 Å². The van der Waals surface area contributed by atoms with Gasteiger partial charge in [0.05, 0.1) is 31.1 Å². The Morgan fingerprint density at radius 2 is 1.36 bits per heavy atom. The minimum atomic E-state index is 0.678. The van der Waals surface area contributed by atoms with Gasteiger partial charge >= 0.3 is 0 Å². The van der Waals surface area contributed by atoms with Crippen molar-refractivity contribution < 1.29 is 9.47 Å². The van der Waals surface area contributed by atoms with Crippen LogP contribution in [0.4, 0.5) is 0 Å². The van der Waals surface area contributed by atoms with Crippen LogP contribution >= 0.6 is 0 Å². The monoisotopic (exact) mass is 335 g/mol. The Morgan fingerprint density at radius 3 is 1.96 bits per heavy atom. The number of ether oxygens (including phenoxy) is 2. The Balaban J connectivity index is 1.66. The van der Waals surface area contributed by atoms with Gasteiger partial charge in [-0.05, 0) is 48.2 Å². The minimum Gasteiger partial charge on any atom is -0.502 e. The van der Waals surface area contributed by atoms with Gasteiger partial charge in [-0.25, -0.2) is 0 Å². The molecule has 0 saturated carbocycles. The SMILES string of the molecule is C=COCCCCCCCOc1ccc(-c2ccc(C#N)cc2)cc1. The maximum absolute atomic E-state index is 8.84. The van der Waals surface area contributed by atoms with Crippen LogP contribution in [-0.4, -0.2) is 13.2 Å². The summed E-state index contributed by atoms with van der Waals surface area (Å²) in [6.45, 7) is 5.05. The molecule has 0 saturated heterocycles. The molecule has 3 heteroatoms. The summed E-state index contributed by atoms with van der Waals surface area (Å²) in [5.41, 5.74) is 2.90. The maximum Gasteiger partial charge on any atom is 0.119 e. The van der Waals surface area contributed by atoms with Crippen molar-refractivity contribution in [2.75, 3.05) is 13.2 Å². The molecule has 130 valence electrons. The van der Waals surface area contributed by atoms with E-state index in [1.807, 2.05) is 36.4 Å². The Hall–Kier alpha value is -2.73. The Labute approximate surface area is 150 Å². The highest BCUT2D eigenvalue weighted by atomic mass is 16.5. The summed E-state index contributed by atoms with van der Waals surface area (Å²) in [5.74, 6) is 0.900. The second kappa shape index (κ2) is 10.9. The van der Waals surface area contributed by atoms with Crippen molar-refractivity contribution in [1.82, 2.24) is 0 Å². The average molecular weight is 335 g/mol. The number of hydrogen-bond acceptors (Lipinski definition) is 3. The molecule has 0 N–H and O–H groups in total. The molecule has 0 aliphatic carbocycles. The number of benzene rings is 2. The molecule has 0 atom stereocenters. The first kappa shape index (κ1) is 18.6. The van der Waals surface area contributed by atoms with E-state index in [2.05, 4.69) is 24.8 Å². The van der Waals surface area contributed by atoms with Crippen molar-refractivity contribution in [3.63, 3.8) is 0 Å². The van der Waals surface area contributed by atoms with Crippen LogP contribution in [0.15, 0.2) is 61.4 Å². The lowest BCUT2D eigenvalue weighted by molar-refractivity contribution is 0.240. The van der Waals surface area contributed by atoms with Gasteiger partial charge in [0.25, 0.3) is 0 Å². The predicted molar refractivity (Wildman–Crippen MR) is 101 cm³/mol. The van der Waals surface area contributed by atoms with E-state index in [1.54, 1.807) is 0 Å². The molecule has 0 spiro atoms. The fourth-order valence-corrected chi connectivity index (χ4v) is 2.57. The topological polar surface area (TPSA) is 42.2 Å². The van der Waals surface area contributed by atoms with Crippen LogP contribution in [0.2, 0.25) is 0 Å². The van der Waals surface area contributed by atoms with E-state index in [0.717, 1.165) is 42.9 Å². The maximum atomic E-state index is 8.84. The van der Waals surface area contributed by atoms with Gasteiger partial charge in [-0.3, -0.25) is 0 Å². The summed E-state index contributed by atoms with van der Waals surface area (Å²) in [4.78, 5) is 0. The van der Waals surface area contributed by atoms with Crippen LogP contribution in [-0.2, 0) is 4.74 Å². The zero-order chi connectivity index (χ0) is 17.7. The summed E-state index contributed by atoms with van der Waals surface area (Å²) < 4.78 is 10.9. The zero-order valence-electron chi connectivity index (χ0n) is 14.6. The van der Waals surface area contributed by atoms with Gasteiger partial charge in [0, 0.05) is 0 Å². The quantitative estimate of drug-likeness (QED) is 0.390. The van der Waals surface area contributed by atoms with Crippen molar-refractivity contribution in [3.8, 4) is 22.9 Å². The Kier molecular flexibility index (Phi) is 8.14. The van der Waals surface area contributed by atoms with Gasteiger partial charge in [-0.1, -0.05) is 50.1 Å². The molecular weight excluding hydrogens is 310 g/mol. The molecule has 0 amide bonds. The molecule has 0 fully saturated rings. The molecule has 2 aromatic rings. The number of hydrogen-bond donors (Lipinski definition) is 0. The first-order valence-electron chi connectivity index (χ1n) is 8.79.